The van der Waals surface area contributed by atoms with Crippen molar-refractivity contribution in [2.24, 2.45) is 0 Å². The minimum Gasteiger partial charge on any atom is -1.00 e. The molecule has 0 saturated carbocycles. The molecule has 8 heavy (non-hydrogen) atoms. The van der Waals surface area contributed by atoms with E-state index in [1.54, 1.807) is 0 Å². The van der Waals surface area contributed by atoms with Gasteiger partial charge < -0.3 is 13.8 Å². The van der Waals surface area contributed by atoms with Crippen molar-refractivity contribution in [1.29, 1.82) is 0 Å². The van der Waals surface area contributed by atoms with Crippen molar-refractivity contribution in [1.82, 2.24) is 0 Å². The number of hydrogen-bond acceptors (Lipinski definition) is 2. The van der Waals surface area contributed by atoms with Gasteiger partial charge in [0.15, 0.2) is 0 Å². The van der Waals surface area contributed by atoms with Gasteiger partial charge in [-0.25, -0.2) is 0 Å². The van der Waals surface area contributed by atoms with Crippen LogP contribution >= 0.6 is 0 Å². The van der Waals surface area contributed by atoms with Crippen LogP contribution in [0, 0.1) is 0 Å². The molecule has 0 aromatic heterocycles. The minimum atomic E-state index is -4.67. The zero-order chi connectivity index (χ0) is 4.50. The standard InChI is InChI=1S/Ca.H2O4S.2H2O.2H/c;1-5(2,3)4;;;;/h;(H2,1,2,3,4);2*1H2;;/q+2;;;;2*-1. The summed E-state index contributed by atoms with van der Waals surface area (Å²) in [5, 5.41) is 0. The third-order valence-electron chi connectivity index (χ3n) is 0. The van der Waals surface area contributed by atoms with E-state index in [4.69, 9.17) is 17.5 Å². The zero-order valence-corrected chi connectivity index (χ0v) is 6.85. The van der Waals surface area contributed by atoms with Gasteiger partial charge in [0.2, 0.25) is 0 Å². The second-order valence-electron chi connectivity index (χ2n) is 0.448. The van der Waals surface area contributed by atoms with Crippen molar-refractivity contribution in [3.05, 3.63) is 0 Å². The summed E-state index contributed by atoms with van der Waals surface area (Å²) in [5.74, 6) is 0. The maximum Gasteiger partial charge on any atom is 2.00 e. The van der Waals surface area contributed by atoms with Crippen LogP contribution in [0.3, 0.4) is 0 Å². The van der Waals surface area contributed by atoms with Gasteiger partial charge in [-0.1, -0.05) is 0 Å². The van der Waals surface area contributed by atoms with Gasteiger partial charge in [-0.3, -0.25) is 9.11 Å². The summed E-state index contributed by atoms with van der Waals surface area (Å²) in [5.41, 5.74) is 0. The maximum absolute atomic E-state index is 8.74. The molecule has 0 aliphatic heterocycles. The Labute approximate surface area is 79.1 Å². The Kier molecular flexibility index (Phi) is 23.1. The Morgan fingerprint density at radius 1 is 1.12 bits per heavy atom. The van der Waals surface area contributed by atoms with Gasteiger partial charge in [0.25, 0.3) is 0 Å². The van der Waals surface area contributed by atoms with Crippen LogP contribution in [0.25, 0.3) is 0 Å². The predicted octanol–water partition coefficient (Wildman–Crippen LogP) is -2.46. The summed E-state index contributed by atoms with van der Waals surface area (Å²) < 4.78 is 31.6. The fourth-order valence-electron chi connectivity index (χ4n) is 0. The molecule has 0 atom stereocenters. The van der Waals surface area contributed by atoms with E-state index in [2.05, 4.69) is 0 Å². The Bertz CT molecular complexity index is 98.9. The number of hydrogen-bond donors (Lipinski definition) is 2. The summed E-state index contributed by atoms with van der Waals surface area (Å²) in [6.45, 7) is 0. The van der Waals surface area contributed by atoms with E-state index >= 15 is 0 Å². The van der Waals surface area contributed by atoms with E-state index in [0.717, 1.165) is 0 Å². The molecule has 0 saturated heterocycles. The summed E-state index contributed by atoms with van der Waals surface area (Å²) in [4.78, 5) is 0. The Balaban J connectivity index is -0.00000000800. The van der Waals surface area contributed by atoms with Crippen LogP contribution in [0.5, 0.6) is 0 Å². The van der Waals surface area contributed by atoms with Gasteiger partial charge in [-0.05, 0) is 0 Å². The van der Waals surface area contributed by atoms with E-state index < -0.39 is 10.4 Å². The molecule has 6 N–H and O–H groups in total. The predicted molar refractivity (Wildman–Crippen MR) is 29.4 cm³/mol. The molecule has 8 heteroatoms. The van der Waals surface area contributed by atoms with E-state index in [0.29, 0.717) is 0 Å². The third kappa shape index (κ3) is 234. The van der Waals surface area contributed by atoms with Crippen LogP contribution in [0.2, 0.25) is 0 Å². The first-order valence-corrected chi connectivity index (χ1v) is 2.10. The maximum atomic E-state index is 8.74. The summed E-state index contributed by atoms with van der Waals surface area (Å²) >= 11 is 0. The summed E-state index contributed by atoms with van der Waals surface area (Å²) in [7, 11) is -4.67. The van der Waals surface area contributed by atoms with Crippen LogP contribution in [-0.2, 0) is 10.4 Å². The number of rotatable bonds is 0. The van der Waals surface area contributed by atoms with Crippen molar-refractivity contribution >= 4 is 48.1 Å². The first kappa shape index (κ1) is 23.0. The topological polar surface area (TPSA) is 138 Å². The van der Waals surface area contributed by atoms with Gasteiger partial charge in [0.1, 0.15) is 0 Å². The quantitative estimate of drug-likeness (QED) is 0.312. The molecule has 6 nitrogen and oxygen atoms in total. The molecule has 0 rings (SSSR count). The van der Waals surface area contributed by atoms with Crippen molar-refractivity contribution in [3.63, 3.8) is 0 Å². The van der Waals surface area contributed by atoms with E-state index in [9.17, 15) is 0 Å². The first-order chi connectivity index (χ1) is 2.00. The second kappa shape index (κ2) is 8.05. The first-order valence-electron chi connectivity index (χ1n) is 0.698. The summed E-state index contributed by atoms with van der Waals surface area (Å²) in [6.07, 6.45) is 0. The average Bonchev–Trinajstić information content (AvgIpc) is 0.722. The second-order valence-corrected chi connectivity index (χ2v) is 1.34. The zero-order valence-electron chi connectivity index (χ0n) is 5.83. The molecule has 0 aromatic carbocycles. The van der Waals surface area contributed by atoms with Crippen LogP contribution in [0.4, 0.5) is 0 Å². The molecule has 0 aromatic rings. The molecule has 0 fully saturated rings. The Morgan fingerprint density at radius 2 is 1.12 bits per heavy atom. The largest absolute Gasteiger partial charge is 2.00 e. The average molecular weight is 176 g/mol. The van der Waals surface area contributed by atoms with Gasteiger partial charge in [-0.15, -0.1) is 0 Å². The minimum absolute atomic E-state index is 0. The van der Waals surface area contributed by atoms with Gasteiger partial charge in [-0.2, -0.15) is 8.42 Å². The SMILES string of the molecule is O.O.O=S(=O)(O)O.[Ca+2].[H-].[H-]. The van der Waals surface area contributed by atoms with Crippen molar-refractivity contribution in [2.45, 2.75) is 0 Å². The Morgan fingerprint density at radius 3 is 1.12 bits per heavy atom. The normalized spacial score (nSPS) is 7.25. The van der Waals surface area contributed by atoms with Gasteiger partial charge >= 0.3 is 48.1 Å². The molecule has 0 radical (unpaired) electrons. The Hall–Kier alpha value is 1.05. The molecule has 0 heterocycles. The van der Waals surface area contributed by atoms with Gasteiger partial charge in [0, 0.05) is 0 Å². The smallest absolute Gasteiger partial charge is 1.00 e. The van der Waals surface area contributed by atoms with Crippen LogP contribution in [0.1, 0.15) is 2.85 Å². The van der Waals surface area contributed by atoms with Crippen molar-refractivity contribution in [3.8, 4) is 0 Å². The fraction of sp³-hybridized carbons (Fsp3) is 0. The molecule has 0 aliphatic carbocycles. The van der Waals surface area contributed by atoms with Crippen molar-refractivity contribution in [2.75, 3.05) is 0 Å². The van der Waals surface area contributed by atoms with E-state index in [1.165, 1.54) is 0 Å². The van der Waals surface area contributed by atoms with Crippen LogP contribution in [-0.4, -0.2) is 66.2 Å². The van der Waals surface area contributed by atoms with Gasteiger partial charge in [0.05, 0.1) is 0 Å². The molecule has 52 valence electrons. The monoisotopic (exact) mass is 176 g/mol. The molecule has 0 unspecified atom stereocenters. The van der Waals surface area contributed by atoms with Crippen molar-refractivity contribution < 1.29 is 31.3 Å². The molecule has 0 spiro atoms. The molecule has 0 aliphatic rings. The van der Waals surface area contributed by atoms with Crippen LogP contribution in [0.15, 0.2) is 0 Å². The van der Waals surface area contributed by atoms with E-state index in [-0.39, 0.29) is 51.5 Å². The fourth-order valence-corrected chi connectivity index (χ4v) is 0. The van der Waals surface area contributed by atoms with Crippen LogP contribution < -0.4 is 0 Å². The summed E-state index contributed by atoms with van der Waals surface area (Å²) in [6, 6.07) is 0. The molecular formula is H8CaO6S. The third-order valence-corrected chi connectivity index (χ3v) is 0. The molecule has 0 bridgehead atoms. The molecular weight excluding hydrogens is 168 g/mol. The molecule has 0 amide bonds. The van der Waals surface area contributed by atoms with E-state index in [1.807, 2.05) is 0 Å².